The summed E-state index contributed by atoms with van der Waals surface area (Å²) in [6, 6.07) is 20.7. The van der Waals surface area contributed by atoms with Crippen molar-refractivity contribution >= 4 is 5.70 Å². The Morgan fingerprint density at radius 1 is 0.833 bits per heavy atom. The molecule has 0 saturated carbocycles. The zero-order chi connectivity index (χ0) is 12.2. The molecule has 18 heavy (non-hydrogen) atoms. The van der Waals surface area contributed by atoms with Gasteiger partial charge < -0.3 is 5.43 Å². The minimum absolute atomic E-state index is 0.837. The molecule has 2 aromatic rings. The zero-order valence-electron chi connectivity index (χ0n) is 10.0. The molecule has 3 nitrogen and oxygen atoms in total. The summed E-state index contributed by atoms with van der Waals surface area (Å²) in [6.07, 6.45) is 2.09. The molecule has 0 fully saturated rings. The van der Waals surface area contributed by atoms with Crippen molar-refractivity contribution in [3.8, 4) is 0 Å². The molecule has 0 atom stereocenters. The van der Waals surface area contributed by atoms with Crippen LogP contribution in [0.25, 0.3) is 5.70 Å². The summed E-state index contributed by atoms with van der Waals surface area (Å²) in [5.74, 6) is 0. The van der Waals surface area contributed by atoms with Crippen LogP contribution in [0.1, 0.15) is 11.1 Å². The lowest BCUT2D eigenvalue weighted by molar-refractivity contribution is 0.265. The largest absolute Gasteiger partial charge is 0.302 e. The molecule has 2 N–H and O–H groups in total. The van der Waals surface area contributed by atoms with E-state index in [0.29, 0.717) is 0 Å². The second-order valence-electron chi connectivity index (χ2n) is 4.26. The van der Waals surface area contributed by atoms with E-state index in [1.807, 2.05) is 29.3 Å². The van der Waals surface area contributed by atoms with Gasteiger partial charge in [-0.15, -0.1) is 5.53 Å². The lowest BCUT2D eigenvalue weighted by Gasteiger charge is -2.14. The maximum atomic E-state index is 3.18. The Morgan fingerprint density at radius 3 is 2.22 bits per heavy atom. The highest BCUT2D eigenvalue weighted by Crippen LogP contribution is 2.15. The van der Waals surface area contributed by atoms with E-state index in [-0.39, 0.29) is 0 Å². The number of nitrogens with one attached hydrogen (secondary N) is 2. The Labute approximate surface area is 107 Å². The number of hydrogen-bond acceptors (Lipinski definition) is 3. The van der Waals surface area contributed by atoms with Crippen LogP contribution in [0, 0.1) is 0 Å². The molecule has 1 aliphatic rings. The van der Waals surface area contributed by atoms with Gasteiger partial charge in [0.1, 0.15) is 0 Å². The fourth-order valence-electron chi connectivity index (χ4n) is 1.98. The van der Waals surface area contributed by atoms with E-state index in [1.165, 1.54) is 11.1 Å². The van der Waals surface area contributed by atoms with Crippen LogP contribution in [0.3, 0.4) is 0 Å². The lowest BCUT2D eigenvalue weighted by Crippen LogP contribution is -2.35. The molecule has 2 aromatic carbocycles. The van der Waals surface area contributed by atoms with Crippen molar-refractivity contribution in [3.05, 3.63) is 78.0 Å². The van der Waals surface area contributed by atoms with Gasteiger partial charge in [0.25, 0.3) is 0 Å². The Bertz CT molecular complexity index is 534. The van der Waals surface area contributed by atoms with E-state index >= 15 is 0 Å². The van der Waals surface area contributed by atoms with Crippen molar-refractivity contribution in [1.29, 1.82) is 0 Å². The van der Waals surface area contributed by atoms with Crippen LogP contribution in [-0.2, 0) is 6.54 Å². The van der Waals surface area contributed by atoms with Crippen LogP contribution in [0.5, 0.6) is 0 Å². The van der Waals surface area contributed by atoms with Gasteiger partial charge in [-0.3, -0.25) is 5.01 Å². The SMILES string of the molecule is C1=C(c2ccccc2)NNN1Cc1ccccc1. The van der Waals surface area contributed by atoms with Crippen LogP contribution < -0.4 is 11.0 Å². The molecule has 0 aliphatic carbocycles. The zero-order valence-corrected chi connectivity index (χ0v) is 10.0. The quantitative estimate of drug-likeness (QED) is 0.859. The fourth-order valence-corrected chi connectivity index (χ4v) is 1.98. The highest BCUT2D eigenvalue weighted by atomic mass is 15.7. The molecule has 0 unspecified atom stereocenters. The minimum Gasteiger partial charge on any atom is -0.302 e. The van der Waals surface area contributed by atoms with E-state index < -0.39 is 0 Å². The van der Waals surface area contributed by atoms with Gasteiger partial charge in [0, 0.05) is 11.8 Å². The molecule has 1 aliphatic heterocycles. The molecule has 0 aromatic heterocycles. The van der Waals surface area contributed by atoms with Crippen LogP contribution in [-0.4, -0.2) is 5.01 Å². The summed E-state index contributed by atoms with van der Waals surface area (Å²) in [5.41, 5.74) is 9.87. The first-order valence-electron chi connectivity index (χ1n) is 6.01. The number of nitrogens with zero attached hydrogens (tertiary/aromatic N) is 1. The highest BCUT2D eigenvalue weighted by Gasteiger charge is 2.12. The molecule has 3 heteroatoms. The molecule has 0 amide bonds. The fraction of sp³-hybridized carbons (Fsp3) is 0.0667. The van der Waals surface area contributed by atoms with Crippen LogP contribution >= 0.6 is 0 Å². The molecule has 3 rings (SSSR count). The monoisotopic (exact) mass is 237 g/mol. The summed E-state index contributed by atoms with van der Waals surface area (Å²) >= 11 is 0. The topological polar surface area (TPSA) is 27.3 Å². The Kier molecular flexibility index (Phi) is 2.98. The highest BCUT2D eigenvalue weighted by molar-refractivity contribution is 5.64. The van der Waals surface area contributed by atoms with Gasteiger partial charge in [0.2, 0.25) is 0 Å². The first kappa shape index (κ1) is 10.9. The summed E-state index contributed by atoms with van der Waals surface area (Å²) in [4.78, 5) is 0. The Balaban J connectivity index is 1.73. The summed E-state index contributed by atoms with van der Waals surface area (Å²) in [7, 11) is 0. The lowest BCUT2D eigenvalue weighted by atomic mass is 10.2. The van der Waals surface area contributed by atoms with Crippen LogP contribution in [0.4, 0.5) is 0 Å². The third-order valence-corrected chi connectivity index (χ3v) is 2.90. The van der Waals surface area contributed by atoms with E-state index in [1.54, 1.807) is 0 Å². The number of benzene rings is 2. The van der Waals surface area contributed by atoms with Gasteiger partial charge in [0.05, 0.1) is 12.2 Å². The minimum atomic E-state index is 0.837. The molecular formula is C15H15N3. The average molecular weight is 237 g/mol. The first-order chi connectivity index (χ1) is 8.92. The third kappa shape index (κ3) is 2.36. The average Bonchev–Trinajstić information content (AvgIpc) is 2.89. The second-order valence-corrected chi connectivity index (χ2v) is 4.26. The van der Waals surface area contributed by atoms with Crippen molar-refractivity contribution in [1.82, 2.24) is 16.0 Å². The molecule has 1 heterocycles. The Hall–Kier alpha value is -2.26. The van der Waals surface area contributed by atoms with Crippen molar-refractivity contribution in [2.75, 3.05) is 0 Å². The van der Waals surface area contributed by atoms with E-state index in [4.69, 9.17) is 0 Å². The van der Waals surface area contributed by atoms with Crippen molar-refractivity contribution in [2.24, 2.45) is 0 Å². The van der Waals surface area contributed by atoms with Crippen molar-refractivity contribution in [3.63, 3.8) is 0 Å². The third-order valence-electron chi connectivity index (χ3n) is 2.90. The van der Waals surface area contributed by atoms with Crippen LogP contribution in [0.2, 0.25) is 0 Å². The van der Waals surface area contributed by atoms with E-state index in [2.05, 4.69) is 53.6 Å². The first-order valence-corrected chi connectivity index (χ1v) is 6.01. The van der Waals surface area contributed by atoms with Gasteiger partial charge in [-0.25, -0.2) is 0 Å². The van der Waals surface area contributed by atoms with Gasteiger partial charge >= 0.3 is 0 Å². The molecule has 90 valence electrons. The van der Waals surface area contributed by atoms with Gasteiger partial charge in [-0.1, -0.05) is 60.7 Å². The predicted octanol–water partition coefficient (Wildman–Crippen LogP) is 2.51. The summed E-state index contributed by atoms with van der Waals surface area (Å²) in [5, 5.41) is 2.04. The summed E-state index contributed by atoms with van der Waals surface area (Å²) in [6.45, 7) is 0.837. The molecule has 0 saturated heterocycles. The molecule has 0 radical (unpaired) electrons. The van der Waals surface area contributed by atoms with E-state index in [0.717, 1.165) is 12.2 Å². The molecule has 0 spiro atoms. The number of hydrogen-bond donors (Lipinski definition) is 2. The Morgan fingerprint density at radius 2 is 1.50 bits per heavy atom. The van der Waals surface area contributed by atoms with Crippen molar-refractivity contribution in [2.45, 2.75) is 6.54 Å². The number of hydrazine groups is 2. The van der Waals surface area contributed by atoms with Gasteiger partial charge in [0.15, 0.2) is 0 Å². The molecule has 0 bridgehead atoms. The van der Waals surface area contributed by atoms with Gasteiger partial charge in [-0.2, -0.15) is 0 Å². The summed E-state index contributed by atoms with van der Waals surface area (Å²) < 4.78 is 0. The standard InChI is InChI=1S/C15H15N3/c1-3-7-13(8-4-1)11-18-12-15(16-17-18)14-9-5-2-6-10-14/h1-10,12,16-17H,11H2. The van der Waals surface area contributed by atoms with Crippen LogP contribution in [0.15, 0.2) is 66.9 Å². The number of rotatable bonds is 3. The molecular weight excluding hydrogens is 222 g/mol. The van der Waals surface area contributed by atoms with E-state index in [9.17, 15) is 0 Å². The predicted molar refractivity (Wildman–Crippen MR) is 72.7 cm³/mol. The van der Waals surface area contributed by atoms with Gasteiger partial charge in [-0.05, 0) is 5.56 Å². The maximum absolute atomic E-state index is 3.18. The smallest absolute Gasteiger partial charge is 0.0751 e. The normalized spacial score (nSPS) is 14.2. The second kappa shape index (κ2) is 4.94. The maximum Gasteiger partial charge on any atom is 0.0751 e. The van der Waals surface area contributed by atoms with Crippen molar-refractivity contribution < 1.29 is 0 Å².